The standard InChI is InChI=1S/C7H5ClO3/c8-2-3-1-4-5(3)7(10)11-6(4)9/h1,4-5H,2H2. The van der Waals surface area contributed by atoms with E-state index >= 15 is 0 Å². The minimum absolute atomic E-state index is 0.309. The third kappa shape index (κ3) is 0.744. The Bertz CT molecular complexity index is 269. The van der Waals surface area contributed by atoms with Gasteiger partial charge in [0.25, 0.3) is 0 Å². The fourth-order valence-electron chi connectivity index (χ4n) is 1.40. The Morgan fingerprint density at radius 1 is 1.45 bits per heavy atom. The molecule has 0 N–H and O–H groups in total. The van der Waals surface area contributed by atoms with Gasteiger partial charge in [0.05, 0.1) is 11.8 Å². The molecule has 0 spiro atoms. The summed E-state index contributed by atoms with van der Waals surface area (Å²) in [6.45, 7) is 0. The Labute approximate surface area is 68.0 Å². The van der Waals surface area contributed by atoms with Gasteiger partial charge in [-0.2, -0.15) is 0 Å². The minimum atomic E-state index is -0.446. The van der Waals surface area contributed by atoms with Crippen LogP contribution in [-0.2, 0) is 14.3 Å². The molecule has 0 aromatic carbocycles. The number of carbonyl (C=O) groups excluding carboxylic acids is 2. The molecule has 0 saturated carbocycles. The Kier molecular flexibility index (Phi) is 1.29. The van der Waals surface area contributed by atoms with Crippen molar-refractivity contribution >= 4 is 23.5 Å². The van der Waals surface area contributed by atoms with Crippen molar-refractivity contribution in [1.82, 2.24) is 0 Å². The second-order valence-corrected chi connectivity index (χ2v) is 2.89. The van der Waals surface area contributed by atoms with Crippen molar-refractivity contribution in [2.75, 3.05) is 5.88 Å². The quantitative estimate of drug-likeness (QED) is 0.250. The number of hydrogen-bond acceptors (Lipinski definition) is 3. The molecule has 2 unspecified atom stereocenters. The number of esters is 2. The molecule has 3 nitrogen and oxygen atoms in total. The van der Waals surface area contributed by atoms with Gasteiger partial charge in [0, 0.05) is 5.88 Å². The van der Waals surface area contributed by atoms with Gasteiger partial charge in [-0.3, -0.25) is 9.59 Å². The average Bonchev–Trinajstić information content (AvgIpc) is 2.03. The SMILES string of the molecule is O=C1OC(=O)C2C(CCl)=CC12. The molecule has 2 rings (SSSR count). The van der Waals surface area contributed by atoms with Crippen molar-refractivity contribution in [3.05, 3.63) is 11.6 Å². The van der Waals surface area contributed by atoms with E-state index in [0.717, 1.165) is 5.57 Å². The zero-order valence-electron chi connectivity index (χ0n) is 5.54. The van der Waals surface area contributed by atoms with Crippen LogP contribution in [0.15, 0.2) is 11.6 Å². The topological polar surface area (TPSA) is 43.4 Å². The lowest BCUT2D eigenvalue weighted by Crippen LogP contribution is -2.28. The molecule has 1 aliphatic heterocycles. The fraction of sp³-hybridized carbons (Fsp3) is 0.429. The summed E-state index contributed by atoms with van der Waals surface area (Å²) < 4.78 is 4.39. The van der Waals surface area contributed by atoms with Crippen LogP contribution in [0.5, 0.6) is 0 Å². The molecular weight excluding hydrogens is 168 g/mol. The smallest absolute Gasteiger partial charge is 0.321 e. The molecule has 0 amide bonds. The number of hydrogen-bond donors (Lipinski definition) is 0. The van der Waals surface area contributed by atoms with Crippen LogP contribution in [0.4, 0.5) is 0 Å². The Morgan fingerprint density at radius 2 is 2.18 bits per heavy atom. The molecular formula is C7H5ClO3. The molecule has 0 bridgehead atoms. The summed E-state index contributed by atoms with van der Waals surface area (Å²) in [5.74, 6) is -1.27. The second kappa shape index (κ2) is 2.08. The Morgan fingerprint density at radius 3 is 2.73 bits per heavy atom. The van der Waals surface area contributed by atoms with Crippen molar-refractivity contribution < 1.29 is 14.3 Å². The minimum Gasteiger partial charge on any atom is -0.392 e. The number of rotatable bonds is 1. The van der Waals surface area contributed by atoms with Gasteiger partial charge in [0.15, 0.2) is 0 Å². The van der Waals surface area contributed by atoms with Gasteiger partial charge >= 0.3 is 11.9 Å². The number of halogens is 1. The van der Waals surface area contributed by atoms with Crippen molar-refractivity contribution in [1.29, 1.82) is 0 Å². The molecule has 1 heterocycles. The normalized spacial score (nSPS) is 34.1. The number of fused-ring (bicyclic) bond motifs is 1. The van der Waals surface area contributed by atoms with Crippen LogP contribution >= 0.6 is 11.6 Å². The molecule has 58 valence electrons. The van der Waals surface area contributed by atoms with E-state index in [2.05, 4.69) is 4.74 Å². The van der Waals surface area contributed by atoms with E-state index < -0.39 is 11.9 Å². The number of cyclic esters (lactones) is 2. The molecule has 2 aliphatic rings. The van der Waals surface area contributed by atoms with E-state index in [4.69, 9.17) is 11.6 Å². The van der Waals surface area contributed by atoms with Gasteiger partial charge in [-0.25, -0.2) is 0 Å². The largest absolute Gasteiger partial charge is 0.392 e. The monoisotopic (exact) mass is 172 g/mol. The van der Waals surface area contributed by atoms with Gasteiger partial charge in [-0.1, -0.05) is 6.08 Å². The summed E-state index contributed by atoms with van der Waals surface area (Å²) in [6.07, 6.45) is 1.70. The maximum atomic E-state index is 10.9. The van der Waals surface area contributed by atoms with Gasteiger partial charge in [-0.15, -0.1) is 11.6 Å². The van der Waals surface area contributed by atoms with Gasteiger partial charge in [0.1, 0.15) is 0 Å². The predicted molar refractivity (Wildman–Crippen MR) is 36.9 cm³/mol. The zero-order valence-corrected chi connectivity index (χ0v) is 6.30. The van der Waals surface area contributed by atoms with Gasteiger partial charge < -0.3 is 4.74 Å². The highest BCUT2D eigenvalue weighted by atomic mass is 35.5. The Balaban J connectivity index is 2.28. The summed E-state index contributed by atoms with van der Waals surface area (Å²) in [7, 11) is 0. The van der Waals surface area contributed by atoms with Crippen LogP contribution in [0.3, 0.4) is 0 Å². The van der Waals surface area contributed by atoms with Crippen molar-refractivity contribution in [2.45, 2.75) is 0 Å². The third-order valence-corrected chi connectivity index (χ3v) is 2.34. The first-order valence-corrected chi connectivity index (χ1v) is 3.79. The first-order chi connectivity index (χ1) is 5.24. The average molecular weight is 173 g/mol. The van der Waals surface area contributed by atoms with Crippen LogP contribution < -0.4 is 0 Å². The zero-order chi connectivity index (χ0) is 8.01. The maximum absolute atomic E-state index is 10.9. The van der Waals surface area contributed by atoms with E-state index in [9.17, 15) is 9.59 Å². The van der Waals surface area contributed by atoms with E-state index in [-0.39, 0.29) is 11.8 Å². The van der Waals surface area contributed by atoms with Crippen LogP contribution in [0.2, 0.25) is 0 Å². The lowest BCUT2D eigenvalue weighted by atomic mass is 9.77. The van der Waals surface area contributed by atoms with E-state index in [1.807, 2.05) is 0 Å². The van der Waals surface area contributed by atoms with Crippen molar-refractivity contribution in [3.63, 3.8) is 0 Å². The summed E-state index contributed by atoms with van der Waals surface area (Å²) >= 11 is 5.50. The summed E-state index contributed by atoms with van der Waals surface area (Å²) in [4.78, 5) is 21.6. The molecule has 1 saturated heterocycles. The van der Waals surface area contributed by atoms with E-state index in [1.165, 1.54) is 0 Å². The summed E-state index contributed by atoms with van der Waals surface area (Å²) in [6, 6.07) is 0. The molecule has 4 heteroatoms. The van der Waals surface area contributed by atoms with Crippen LogP contribution in [-0.4, -0.2) is 17.8 Å². The lowest BCUT2D eigenvalue weighted by molar-refractivity contribution is -0.153. The molecule has 0 aromatic rings. The van der Waals surface area contributed by atoms with Crippen molar-refractivity contribution in [3.8, 4) is 0 Å². The fourth-order valence-corrected chi connectivity index (χ4v) is 1.66. The molecule has 0 aromatic heterocycles. The molecule has 11 heavy (non-hydrogen) atoms. The molecule has 0 radical (unpaired) electrons. The highest BCUT2D eigenvalue weighted by Gasteiger charge is 2.50. The highest BCUT2D eigenvalue weighted by Crippen LogP contribution is 2.40. The number of alkyl halides is 1. The van der Waals surface area contributed by atoms with E-state index in [1.54, 1.807) is 6.08 Å². The highest BCUT2D eigenvalue weighted by molar-refractivity contribution is 6.20. The number of ether oxygens (including phenoxy) is 1. The first kappa shape index (κ1) is 6.85. The van der Waals surface area contributed by atoms with Crippen LogP contribution in [0.25, 0.3) is 0 Å². The summed E-state index contributed by atoms with van der Waals surface area (Å²) in [5, 5.41) is 0. The molecule has 2 atom stereocenters. The lowest BCUT2D eigenvalue weighted by Gasteiger charge is -2.22. The second-order valence-electron chi connectivity index (χ2n) is 2.62. The first-order valence-electron chi connectivity index (χ1n) is 3.26. The molecule has 1 aliphatic carbocycles. The Hall–Kier alpha value is -0.830. The third-order valence-electron chi connectivity index (χ3n) is 2.03. The van der Waals surface area contributed by atoms with Crippen LogP contribution in [0, 0.1) is 11.8 Å². The van der Waals surface area contributed by atoms with Gasteiger partial charge in [0.2, 0.25) is 0 Å². The predicted octanol–water partition coefficient (Wildman–Crippen LogP) is 0.481. The summed E-state index contributed by atoms with van der Waals surface area (Å²) in [5.41, 5.74) is 0.813. The number of carbonyl (C=O) groups is 2. The van der Waals surface area contributed by atoms with Crippen LogP contribution in [0.1, 0.15) is 0 Å². The molecule has 1 fully saturated rings. The van der Waals surface area contributed by atoms with E-state index in [0.29, 0.717) is 5.88 Å². The van der Waals surface area contributed by atoms with Gasteiger partial charge in [-0.05, 0) is 5.57 Å². The van der Waals surface area contributed by atoms with Crippen molar-refractivity contribution in [2.24, 2.45) is 11.8 Å². The maximum Gasteiger partial charge on any atom is 0.321 e.